The molecule has 6 nitrogen and oxygen atoms in total. The van der Waals surface area contributed by atoms with Crippen molar-refractivity contribution in [2.75, 3.05) is 5.32 Å². The van der Waals surface area contributed by atoms with Crippen molar-refractivity contribution in [1.29, 1.82) is 0 Å². The highest BCUT2D eigenvalue weighted by Gasteiger charge is 2.26. The number of hydrogen-bond donors (Lipinski definition) is 1. The number of benzene rings is 3. The summed E-state index contributed by atoms with van der Waals surface area (Å²) in [7, 11) is 0. The van der Waals surface area contributed by atoms with Crippen molar-refractivity contribution in [2.45, 2.75) is 25.8 Å². The summed E-state index contributed by atoms with van der Waals surface area (Å²) in [4.78, 5) is 10.3. The first-order valence-electron chi connectivity index (χ1n) is 8.42. The fourth-order valence-corrected chi connectivity index (χ4v) is 3.44. The average molecular weight is 346 g/mol. The van der Waals surface area contributed by atoms with Gasteiger partial charge in [-0.15, -0.1) is 5.11 Å². The lowest BCUT2D eigenvalue weighted by Crippen LogP contribution is -2.36. The Hall–Kier alpha value is -3.28. The van der Waals surface area contributed by atoms with Gasteiger partial charge in [-0.3, -0.25) is 10.1 Å². The molecule has 0 unspecified atom stereocenters. The molecule has 0 bridgehead atoms. The zero-order chi connectivity index (χ0) is 18.3. The van der Waals surface area contributed by atoms with E-state index in [4.69, 9.17) is 0 Å². The Morgan fingerprint density at radius 3 is 2.54 bits per heavy atom. The smallest absolute Gasteiger partial charge is 0.269 e. The van der Waals surface area contributed by atoms with Crippen LogP contribution in [-0.2, 0) is 6.42 Å². The standard InChI is InChI=1S/C20H18N4O2/c1-20(2)12-13-6-11-17(16-4-3-5-18(21-20)19(13)16)23-22-14-7-9-15(10-8-14)24(25)26/h3-11,21H,12H2,1-2H3. The summed E-state index contributed by atoms with van der Waals surface area (Å²) in [6.45, 7) is 4.38. The van der Waals surface area contributed by atoms with E-state index in [0.29, 0.717) is 5.69 Å². The molecular weight excluding hydrogens is 328 g/mol. The van der Waals surface area contributed by atoms with Crippen LogP contribution in [0.2, 0.25) is 0 Å². The van der Waals surface area contributed by atoms with E-state index >= 15 is 0 Å². The van der Waals surface area contributed by atoms with E-state index in [-0.39, 0.29) is 11.2 Å². The quantitative estimate of drug-likeness (QED) is 0.364. The molecule has 1 aliphatic heterocycles. The van der Waals surface area contributed by atoms with E-state index < -0.39 is 4.92 Å². The van der Waals surface area contributed by atoms with Crippen LogP contribution in [0.25, 0.3) is 10.8 Å². The molecule has 0 amide bonds. The molecule has 0 aromatic heterocycles. The molecule has 4 rings (SSSR count). The lowest BCUT2D eigenvalue weighted by molar-refractivity contribution is -0.384. The van der Waals surface area contributed by atoms with Crippen molar-refractivity contribution in [1.82, 2.24) is 0 Å². The molecule has 1 aliphatic rings. The SMILES string of the molecule is CC1(C)Cc2ccc(N=Nc3ccc([N+](=O)[O-])cc3)c3cccc(c23)N1. The Balaban J connectivity index is 1.73. The highest BCUT2D eigenvalue weighted by atomic mass is 16.6. The fourth-order valence-electron chi connectivity index (χ4n) is 3.44. The predicted molar refractivity (Wildman–Crippen MR) is 103 cm³/mol. The number of hydrogen-bond acceptors (Lipinski definition) is 5. The molecule has 1 heterocycles. The fraction of sp³-hybridized carbons (Fsp3) is 0.200. The molecule has 0 atom stereocenters. The van der Waals surface area contributed by atoms with Crippen LogP contribution in [0, 0.1) is 10.1 Å². The van der Waals surface area contributed by atoms with Crippen LogP contribution >= 0.6 is 0 Å². The van der Waals surface area contributed by atoms with Crippen molar-refractivity contribution >= 4 is 33.5 Å². The second-order valence-corrected chi connectivity index (χ2v) is 7.13. The first kappa shape index (κ1) is 16.2. The zero-order valence-electron chi connectivity index (χ0n) is 14.6. The van der Waals surface area contributed by atoms with Gasteiger partial charge in [0.1, 0.15) is 0 Å². The maximum absolute atomic E-state index is 10.7. The molecule has 130 valence electrons. The van der Waals surface area contributed by atoms with Crippen LogP contribution < -0.4 is 5.32 Å². The third-order valence-corrected chi connectivity index (χ3v) is 4.54. The van der Waals surface area contributed by atoms with Crippen LogP contribution in [0.3, 0.4) is 0 Å². The van der Waals surface area contributed by atoms with Gasteiger partial charge >= 0.3 is 0 Å². The molecule has 0 aliphatic carbocycles. The van der Waals surface area contributed by atoms with Gasteiger partial charge in [0.15, 0.2) is 0 Å². The van der Waals surface area contributed by atoms with Crippen LogP contribution in [0.4, 0.5) is 22.7 Å². The number of nitrogens with one attached hydrogen (secondary N) is 1. The van der Waals surface area contributed by atoms with Crippen molar-refractivity contribution in [3.63, 3.8) is 0 Å². The van der Waals surface area contributed by atoms with Gasteiger partial charge in [0.05, 0.1) is 16.3 Å². The molecule has 26 heavy (non-hydrogen) atoms. The summed E-state index contributed by atoms with van der Waals surface area (Å²) in [6.07, 6.45) is 0.945. The molecular formula is C20H18N4O2. The minimum atomic E-state index is -0.429. The summed E-state index contributed by atoms with van der Waals surface area (Å²) in [6, 6.07) is 16.3. The third kappa shape index (κ3) is 2.90. The molecule has 6 heteroatoms. The molecule has 1 N–H and O–H groups in total. The highest BCUT2D eigenvalue weighted by Crippen LogP contribution is 2.40. The predicted octanol–water partition coefficient (Wildman–Crippen LogP) is 5.91. The Morgan fingerprint density at radius 1 is 1.04 bits per heavy atom. The number of nitro groups is 1. The number of nitrogens with zero attached hydrogens (tertiary/aromatic N) is 3. The van der Waals surface area contributed by atoms with Gasteiger partial charge in [-0.05, 0) is 50.1 Å². The minimum Gasteiger partial charge on any atom is -0.379 e. The van der Waals surface area contributed by atoms with Crippen LogP contribution in [0.15, 0.2) is 64.8 Å². The molecule has 3 aromatic carbocycles. The molecule has 3 aromatic rings. The van der Waals surface area contributed by atoms with Crippen molar-refractivity contribution in [3.05, 3.63) is 70.3 Å². The second kappa shape index (κ2) is 5.91. The van der Waals surface area contributed by atoms with E-state index in [9.17, 15) is 10.1 Å². The normalized spacial score (nSPS) is 15.2. The van der Waals surface area contributed by atoms with Gasteiger partial charge in [0, 0.05) is 34.1 Å². The van der Waals surface area contributed by atoms with Gasteiger partial charge in [0.2, 0.25) is 0 Å². The van der Waals surface area contributed by atoms with Crippen LogP contribution in [-0.4, -0.2) is 10.5 Å². The average Bonchev–Trinajstić information content (AvgIpc) is 2.60. The summed E-state index contributed by atoms with van der Waals surface area (Å²) < 4.78 is 0. The number of azo groups is 1. The van der Waals surface area contributed by atoms with Gasteiger partial charge in [0.25, 0.3) is 5.69 Å². The molecule has 0 saturated carbocycles. The first-order chi connectivity index (χ1) is 12.4. The lowest BCUT2D eigenvalue weighted by atomic mass is 9.86. The molecule has 0 saturated heterocycles. The first-order valence-corrected chi connectivity index (χ1v) is 8.42. The van der Waals surface area contributed by atoms with Gasteiger partial charge in [-0.2, -0.15) is 5.11 Å². The monoisotopic (exact) mass is 346 g/mol. The van der Waals surface area contributed by atoms with E-state index in [1.165, 1.54) is 23.1 Å². The summed E-state index contributed by atoms with van der Waals surface area (Å²) >= 11 is 0. The summed E-state index contributed by atoms with van der Waals surface area (Å²) in [5.41, 5.74) is 3.83. The Morgan fingerprint density at radius 2 is 1.81 bits per heavy atom. The van der Waals surface area contributed by atoms with Gasteiger partial charge in [-0.1, -0.05) is 18.2 Å². The second-order valence-electron chi connectivity index (χ2n) is 7.13. The Bertz CT molecular complexity index is 1030. The lowest BCUT2D eigenvalue weighted by Gasteiger charge is -2.34. The zero-order valence-corrected chi connectivity index (χ0v) is 14.6. The van der Waals surface area contributed by atoms with Crippen LogP contribution in [0.5, 0.6) is 0 Å². The van der Waals surface area contributed by atoms with E-state index in [2.05, 4.69) is 41.5 Å². The highest BCUT2D eigenvalue weighted by molar-refractivity contribution is 6.03. The number of anilines is 1. The van der Waals surface area contributed by atoms with Gasteiger partial charge < -0.3 is 5.32 Å². The van der Waals surface area contributed by atoms with Crippen LogP contribution in [0.1, 0.15) is 19.4 Å². The summed E-state index contributed by atoms with van der Waals surface area (Å²) in [5, 5.41) is 25.2. The Kier molecular flexibility index (Phi) is 3.68. The third-order valence-electron chi connectivity index (χ3n) is 4.54. The van der Waals surface area contributed by atoms with E-state index in [1.54, 1.807) is 12.1 Å². The van der Waals surface area contributed by atoms with E-state index in [0.717, 1.165) is 23.2 Å². The maximum Gasteiger partial charge on any atom is 0.269 e. The maximum atomic E-state index is 10.7. The van der Waals surface area contributed by atoms with Crippen molar-refractivity contribution < 1.29 is 4.92 Å². The van der Waals surface area contributed by atoms with Crippen molar-refractivity contribution in [3.8, 4) is 0 Å². The molecule has 0 radical (unpaired) electrons. The minimum absolute atomic E-state index is 0.0169. The molecule has 0 spiro atoms. The topological polar surface area (TPSA) is 79.9 Å². The number of nitro benzene ring substituents is 1. The van der Waals surface area contributed by atoms with Crippen molar-refractivity contribution in [2.24, 2.45) is 10.2 Å². The van der Waals surface area contributed by atoms with Gasteiger partial charge in [-0.25, -0.2) is 0 Å². The Labute approximate surface area is 150 Å². The number of non-ortho nitro benzene ring substituents is 1. The van der Waals surface area contributed by atoms with E-state index in [1.807, 2.05) is 18.2 Å². The summed E-state index contributed by atoms with van der Waals surface area (Å²) in [5.74, 6) is 0. The molecule has 0 fully saturated rings. The largest absolute Gasteiger partial charge is 0.379 e. The number of rotatable bonds is 3.